The van der Waals surface area contributed by atoms with Crippen molar-refractivity contribution in [2.24, 2.45) is 0 Å². The summed E-state index contributed by atoms with van der Waals surface area (Å²) in [5.74, 6) is 0. The molecule has 46 valence electrons. The van der Waals surface area contributed by atoms with Gasteiger partial charge in [0, 0.05) is 6.08 Å². The molecule has 0 spiro atoms. The SMILES string of the molecule is N#CC=CC(Cl)CC#N. The molecule has 0 fully saturated rings. The number of halogens is 1. The van der Waals surface area contributed by atoms with Gasteiger partial charge in [-0.2, -0.15) is 10.5 Å². The molecule has 0 N–H and O–H groups in total. The van der Waals surface area contributed by atoms with E-state index in [0.717, 1.165) is 0 Å². The third-order valence-corrected chi connectivity index (χ3v) is 0.966. The molecule has 0 saturated carbocycles. The summed E-state index contributed by atoms with van der Waals surface area (Å²) >= 11 is 5.50. The predicted molar refractivity (Wildman–Crippen MR) is 34.6 cm³/mol. The molecule has 1 unspecified atom stereocenters. The molecule has 0 heterocycles. The van der Waals surface area contributed by atoms with Gasteiger partial charge in [0.15, 0.2) is 0 Å². The Morgan fingerprint density at radius 2 is 2.22 bits per heavy atom. The molecule has 0 aromatic carbocycles. The van der Waals surface area contributed by atoms with Crippen molar-refractivity contribution in [1.29, 1.82) is 10.5 Å². The van der Waals surface area contributed by atoms with E-state index in [9.17, 15) is 0 Å². The summed E-state index contributed by atoms with van der Waals surface area (Å²) in [6.45, 7) is 0. The monoisotopic (exact) mass is 140 g/mol. The molecule has 0 aromatic rings. The van der Waals surface area contributed by atoms with Crippen LogP contribution in [-0.2, 0) is 0 Å². The van der Waals surface area contributed by atoms with Crippen LogP contribution in [0.5, 0.6) is 0 Å². The first-order valence-corrected chi connectivity index (χ1v) is 2.82. The predicted octanol–water partition coefficient (Wildman–Crippen LogP) is 1.59. The van der Waals surface area contributed by atoms with Crippen molar-refractivity contribution in [2.75, 3.05) is 0 Å². The molecule has 0 amide bonds. The van der Waals surface area contributed by atoms with E-state index in [0.29, 0.717) is 0 Å². The fourth-order valence-electron chi connectivity index (χ4n) is 0.303. The molecule has 1 atom stereocenters. The fraction of sp³-hybridized carbons (Fsp3) is 0.333. The Labute approximate surface area is 59.0 Å². The van der Waals surface area contributed by atoms with Crippen molar-refractivity contribution in [1.82, 2.24) is 0 Å². The summed E-state index contributed by atoms with van der Waals surface area (Å²) < 4.78 is 0. The normalized spacial score (nSPS) is 12.3. The number of hydrogen-bond donors (Lipinski definition) is 0. The van der Waals surface area contributed by atoms with Gasteiger partial charge in [-0.05, 0) is 0 Å². The van der Waals surface area contributed by atoms with Crippen LogP contribution in [0, 0.1) is 22.7 Å². The topological polar surface area (TPSA) is 47.6 Å². The zero-order valence-corrected chi connectivity index (χ0v) is 5.47. The second-order valence-corrected chi connectivity index (χ2v) is 1.93. The minimum atomic E-state index is -0.324. The average molecular weight is 141 g/mol. The van der Waals surface area contributed by atoms with Crippen LogP contribution in [-0.4, -0.2) is 5.38 Å². The number of rotatable bonds is 2. The summed E-state index contributed by atoms with van der Waals surface area (Å²) in [4.78, 5) is 0. The first-order chi connectivity index (χ1) is 4.31. The van der Waals surface area contributed by atoms with Crippen LogP contribution in [0.4, 0.5) is 0 Å². The van der Waals surface area contributed by atoms with E-state index in [1.54, 1.807) is 6.07 Å². The highest BCUT2D eigenvalue weighted by Crippen LogP contribution is 2.01. The molecule has 0 aliphatic carbocycles. The van der Waals surface area contributed by atoms with Crippen molar-refractivity contribution < 1.29 is 0 Å². The van der Waals surface area contributed by atoms with E-state index >= 15 is 0 Å². The quantitative estimate of drug-likeness (QED) is 0.432. The Morgan fingerprint density at radius 3 is 2.67 bits per heavy atom. The van der Waals surface area contributed by atoms with E-state index in [1.165, 1.54) is 12.2 Å². The van der Waals surface area contributed by atoms with Crippen molar-refractivity contribution in [3.63, 3.8) is 0 Å². The average Bonchev–Trinajstić information content (AvgIpc) is 1.85. The van der Waals surface area contributed by atoms with Gasteiger partial charge in [-0.15, -0.1) is 11.6 Å². The number of nitriles is 2. The lowest BCUT2D eigenvalue weighted by molar-refractivity contribution is 1.07. The third kappa shape index (κ3) is 4.87. The molecule has 0 aliphatic rings. The van der Waals surface area contributed by atoms with Crippen LogP contribution in [0.15, 0.2) is 12.2 Å². The maximum atomic E-state index is 8.08. The lowest BCUT2D eigenvalue weighted by atomic mass is 10.3. The van der Waals surface area contributed by atoms with Gasteiger partial charge in [0.1, 0.15) is 0 Å². The van der Waals surface area contributed by atoms with E-state index < -0.39 is 0 Å². The Balaban J connectivity index is 3.55. The molecule has 0 radical (unpaired) electrons. The van der Waals surface area contributed by atoms with E-state index in [-0.39, 0.29) is 11.8 Å². The Hall–Kier alpha value is -0.990. The van der Waals surface area contributed by atoms with Crippen LogP contribution in [0.3, 0.4) is 0 Å². The highest BCUT2D eigenvalue weighted by Gasteiger charge is 1.94. The van der Waals surface area contributed by atoms with Crippen LogP contribution >= 0.6 is 11.6 Å². The lowest BCUT2D eigenvalue weighted by Gasteiger charge is -1.90. The van der Waals surface area contributed by atoms with Crippen LogP contribution in [0.25, 0.3) is 0 Å². The molecule has 3 heteroatoms. The number of alkyl halides is 1. The van der Waals surface area contributed by atoms with Gasteiger partial charge in [0.2, 0.25) is 0 Å². The zero-order chi connectivity index (χ0) is 7.11. The number of hydrogen-bond acceptors (Lipinski definition) is 2. The van der Waals surface area contributed by atoms with Gasteiger partial charge in [0.25, 0.3) is 0 Å². The first-order valence-electron chi connectivity index (χ1n) is 2.38. The van der Waals surface area contributed by atoms with Crippen LogP contribution in [0.1, 0.15) is 6.42 Å². The number of allylic oxidation sites excluding steroid dienone is 2. The Morgan fingerprint density at radius 1 is 1.56 bits per heavy atom. The molecule has 0 aliphatic heterocycles. The van der Waals surface area contributed by atoms with E-state index in [4.69, 9.17) is 22.1 Å². The summed E-state index contributed by atoms with van der Waals surface area (Å²) in [5, 5.41) is 15.8. The highest BCUT2D eigenvalue weighted by molar-refractivity contribution is 6.21. The van der Waals surface area contributed by atoms with Gasteiger partial charge in [-0.3, -0.25) is 0 Å². The Kier molecular flexibility index (Phi) is 4.59. The molecule has 0 saturated heterocycles. The fourth-order valence-corrected chi connectivity index (χ4v) is 0.444. The molecular formula is C6H5ClN2. The Bertz CT molecular complexity index is 172. The highest BCUT2D eigenvalue weighted by atomic mass is 35.5. The molecule has 0 aromatic heterocycles. The van der Waals surface area contributed by atoms with Gasteiger partial charge < -0.3 is 0 Å². The van der Waals surface area contributed by atoms with Crippen molar-refractivity contribution in [3.8, 4) is 12.1 Å². The summed E-state index contributed by atoms with van der Waals surface area (Å²) in [7, 11) is 0. The molecule has 9 heavy (non-hydrogen) atoms. The van der Waals surface area contributed by atoms with Crippen molar-refractivity contribution >= 4 is 11.6 Å². The van der Waals surface area contributed by atoms with Crippen molar-refractivity contribution in [3.05, 3.63) is 12.2 Å². The third-order valence-electron chi connectivity index (χ3n) is 0.666. The van der Waals surface area contributed by atoms with Gasteiger partial charge in [-0.25, -0.2) is 0 Å². The maximum Gasteiger partial charge on any atom is 0.0909 e. The largest absolute Gasteiger partial charge is 0.198 e. The standard InChI is InChI=1S/C6H5ClN2/c7-6(3-5-9)2-1-4-8/h1-2,6H,3H2. The summed E-state index contributed by atoms with van der Waals surface area (Å²) in [6.07, 6.45) is 3.01. The lowest BCUT2D eigenvalue weighted by Crippen LogP contribution is -1.88. The molecule has 2 nitrogen and oxygen atoms in total. The summed E-state index contributed by atoms with van der Waals surface area (Å²) in [5.41, 5.74) is 0. The first kappa shape index (κ1) is 8.01. The van der Waals surface area contributed by atoms with Gasteiger partial charge >= 0.3 is 0 Å². The second kappa shape index (κ2) is 5.15. The molecule has 0 bridgehead atoms. The van der Waals surface area contributed by atoms with Gasteiger partial charge in [-0.1, -0.05) is 6.08 Å². The van der Waals surface area contributed by atoms with Crippen LogP contribution in [0.2, 0.25) is 0 Å². The molecule has 0 rings (SSSR count). The smallest absolute Gasteiger partial charge is 0.0909 e. The van der Waals surface area contributed by atoms with E-state index in [2.05, 4.69) is 0 Å². The van der Waals surface area contributed by atoms with E-state index in [1.807, 2.05) is 6.07 Å². The second-order valence-electron chi connectivity index (χ2n) is 1.37. The minimum Gasteiger partial charge on any atom is -0.198 e. The van der Waals surface area contributed by atoms with Gasteiger partial charge in [0.05, 0.1) is 23.9 Å². The number of nitrogens with zero attached hydrogens (tertiary/aromatic N) is 2. The summed E-state index contributed by atoms with van der Waals surface area (Å²) in [6, 6.07) is 3.67. The minimum absolute atomic E-state index is 0.250. The molecular weight excluding hydrogens is 136 g/mol. The van der Waals surface area contributed by atoms with Crippen LogP contribution < -0.4 is 0 Å². The maximum absolute atomic E-state index is 8.08. The van der Waals surface area contributed by atoms with Crippen molar-refractivity contribution in [2.45, 2.75) is 11.8 Å². The zero-order valence-electron chi connectivity index (χ0n) is 4.71.